The molecule has 0 aromatic heterocycles. The van der Waals surface area contributed by atoms with Crippen LogP contribution in [-0.4, -0.2) is 0 Å². The van der Waals surface area contributed by atoms with Crippen molar-refractivity contribution in [2.45, 2.75) is 66.2 Å². The fraction of sp³-hybridized carbons (Fsp3) is 0.234. The Morgan fingerprint density at radius 1 is 0.688 bits per heavy atom. The van der Waals surface area contributed by atoms with Gasteiger partial charge in [-0.25, -0.2) is 0 Å². The average molecular weight is 626 g/mol. The van der Waals surface area contributed by atoms with E-state index >= 15 is 0 Å². The van der Waals surface area contributed by atoms with Crippen molar-refractivity contribution in [1.82, 2.24) is 0 Å². The molecule has 0 radical (unpaired) electrons. The van der Waals surface area contributed by atoms with Crippen molar-refractivity contribution in [3.05, 3.63) is 166 Å². The summed E-state index contributed by atoms with van der Waals surface area (Å²) in [4.78, 5) is 2.45. The van der Waals surface area contributed by atoms with Crippen LogP contribution in [0.3, 0.4) is 0 Å². The van der Waals surface area contributed by atoms with Gasteiger partial charge in [0.15, 0.2) is 0 Å². The van der Waals surface area contributed by atoms with Gasteiger partial charge in [0.25, 0.3) is 0 Å². The first-order chi connectivity index (χ1) is 23.1. The second-order valence-electron chi connectivity index (χ2n) is 14.8. The lowest BCUT2D eigenvalue weighted by Crippen LogP contribution is -2.20. The Balaban J connectivity index is 1.25. The maximum Gasteiger partial charge on any atom is 0.0464 e. The van der Waals surface area contributed by atoms with Gasteiger partial charge in [-0.2, -0.15) is 0 Å². The van der Waals surface area contributed by atoms with E-state index < -0.39 is 0 Å². The van der Waals surface area contributed by atoms with Gasteiger partial charge < -0.3 is 4.90 Å². The van der Waals surface area contributed by atoms with Gasteiger partial charge in [0.2, 0.25) is 0 Å². The van der Waals surface area contributed by atoms with Crippen LogP contribution in [0.4, 0.5) is 11.4 Å². The lowest BCUT2D eigenvalue weighted by atomic mass is 9.81. The first kappa shape index (κ1) is 31.7. The number of anilines is 2. The summed E-state index contributed by atoms with van der Waals surface area (Å²) in [6, 6.07) is 40.6. The summed E-state index contributed by atoms with van der Waals surface area (Å²) in [6.45, 7) is 16.1. The SMILES string of the molecule is CC1=CC(N(c2ccc(-c3ccccc3)cc2)c2ccc3c(c2)C(C)(C)c2cc(C=Cc4ccc(C)c(C(C)C)c4)ccc2-3)=CC(C)C1. The molecule has 7 rings (SSSR count). The van der Waals surface area contributed by atoms with E-state index in [0.717, 1.165) is 6.42 Å². The quantitative estimate of drug-likeness (QED) is 0.163. The molecule has 1 nitrogen and oxygen atoms in total. The summed E-state index contributed by atoms with van der Waals surface area (Å²) in [5.41, 5.74) is 18.1. The average Bonchev–Trinajstić information content (AvgIpc) is 3.30. The normalized spacial score (nSPS) is 16.5. The van der Waals surface area contributed by atoms with Gasteiger partial charge in [-0.15, -0.1) is 0 Å². The molecule has 0 amide bonds. The van der Waals surface area contributed by atoms with Crippen molar-refractivity contribution in [2.75, 3.05) is 4.90 Å². The van der Waals surface area contributed by atoms with Crippen LogP contribution >= 0.6 is 0 Å². The lowest BCUT2D eigenvalue weighted by Gasteiger charge is -2.31. The van der Waals surface area contributed by atoms with Crippen LogP contribution in [0.25, 0.3) is 34.4 Å². The largest absolute Gasteiger partial charge is 0.311 e. The van der Waals surface area contributed by atoms with Crippen LogP contribution in [0, 0.1) is 12.8 Å². The predicted molar refractivity (Wildman–Crippen MR) is 208 cm³/mol. The van der Waals surface area contributed by atoms with Crippen molar-refractivity contribution in [3.63, 3.8) is 0 Å². The van der Waals surface area contributed by atoms with Crippen molar-refractivity contribution < 1.29 is 0 Å². The molecule has 240 valence electrons. The molecular weight excluding hydrogens is 579 g/mol. The van der Waals surface area contributed by atoms with Crippen LogP contribution in [0.1, 0.15) is 87.3 Å². The highest BCUT2D eigenvalue weighted by Crippen LogP contribution is 2.51. The number of hydrogen-bond acceptors (Lipinski definition) is 1. The monoisotopic (exact) mass is 625 g/mol. The minimum atomic E-state index is -0.123. The fourth-order valence-electron chi connectivity index (χ4n) is 7.80. The number of allylic oxidation sites excluding steroid dienone is 3. The fourth-order valence-corrected chi connectivity index (χ4v) is 7.80. The maximum absolute atomic E-state index is 2.45. The minimum Gasteiger partial charge on any atom is -0.311 e. The van der Waals surface area contributed by atoms with Crippen LogP contribution in [0.2, 0.25) is 0 Å². The highest BCUT2D eigenvalue weighted by atomic mass is 15.1. The predicted octanol–water partition coefficient (Wildman–Crippen LogP) is 13.3. The maximum atomic E-state index is 2.45. The van der Waals surface area contributed by atoms with E-state index in [-0.39, 0.29) is 5.41 Å². The zero-order valence-corrected chi connectivity index (χ0v) is 29.5. The van der Waals surface area contributed by atoms with Crippen LogP contribution in [0.15, 0.2) is 133 Å². The Morgan fingerprint density at radius 3 is 1.98 bits per heavy atom. The van der Waals surface area contributed by atoms with E-state index in [0.29, 0.717) is 11.8 Å². The Hall–Kier alpha value is -4.88. The van der Waals surface area contributed by atoms with E-state index in [1.54, 1.807) is 0 Å². The molecule has 2 aliphatic rings. The smallest absolute Gasteiger partial charge is 0.0464 e. The summed E-state index contributed by atoms with van der Waals surface area (Å²) in [5.74, 6) is 1.01. The first-order valence-corrected chi connectivity index (χ1v) is 17.5. The van der Waals surface area contributed by atoms with E-state index in [1.807, 2.05) is 0 Å². The van der Waals surface area contributed by atoms with E-state index in [9.17, 15) is 0 Å². The van der Waals surface area contributed by atoms with Gasteiger partial charge in [0.05, 0.1) is 0 Å². The van der Waals surface area contributed by atoms with Gasteiger partial charge in [-0.3, -0.25) is 0 Å². The molecule has 5 aromatic carbocycles. The number of aryl methyl sites for hydroxylation is 1. The molecule has 0 N–H and O–H groups in total. The van der Waals surface area contributed by atoms with E-state index in [1.165, 1.54) is 78.3 Å². The Labute approximate surface area is 288 Å². The Bertz CT molecular complexity index is 2070. The van der Waals surface area contributed by atoms with E-state index in [2.05, 4.69) is 187 Å². The minimum absolute atomic E-state index is 0.123. The molecule has 0 saturated carbocycles. The molecule has 0 bridgehead atoms. The number of hydrogen-bond donors (Lipinski definition) is 0. The number of benzene rings is 5. The Kier molecular flexibility index (Phi) is 8.34. The van der Waals surface area contributed by atoms with Crippen LogP contribution in [-0.2, 0) is 5.41 Å². The van der Waals surface area contributed by atoms with Gasteiger partial charge >= 0.3 is 0 Å². The third-order valence-corrected chi connectivity index (χ3v) is 10.3. The first-order valence-electron chi connectivity index (χ1n) is 17.5. The van der Waals surface area contributed by atoms with Gasteiger partial charge in [-0.1, -0.05) is 143 Å². The third kappa shape index (κ3) is 5.99. The molecular formula is C47H47N. The summed E-state index contributed by atoms with van der Waals surface area (Å²) < 4.78 is 0. The molecule has 0 saturated heterocycles. The summed E-state index contributed by atoms with van der Waals surface area (Å²) in [7, 11) is 0. The summed E-state index contributed by atoms with van der Waals surface area (Å²) in [6.07, 6.45) is 10.4. The highest BCUT2D eigenvalue weighted by Gasteiger charge is 2.36. The topological polar surface area (TPSA) is 3.24 Å². The Morgan fingerprint density at radius 2 is 1.29 bits per heavy atom. The molecule has 0 heterocycles. The second-order valence-corrected chi connectivity index (χ2v) is 14.8. The third-order valence-electron chi connectivity index (χ3n) is 10.3. The van der Waals surface area contributed by atoms with Crippen LogP contribution < -0.4 is 4.90 Å². The molecule has 48 heavy (non-hydrogen) atoms. The van der Waals surface area contributed by atoms with Crippen molar-refractivity contribution in [1.29, 1.82) is 0 Å². The zero-order chi connectivity index (χ0) is 33.6. The van der Waals surface area contributed by atoms with Crippen molar-refractivity contribution >= 4 is 23.5 Å². The van der Waals surface area contributed by atoms with Crippen molar-refractivity contribution in [3.8, 4) is 22.3 Å². The second kappa shape index (κ2) is 12.6. The highest BCUT2D eigenvalue weighted by molar-refractivity contribution is 5.86. The zero-order valence-electron chi connectivity index (χ0n) is 29.5. The van der Waals surface area contributed by atoms with Gasteiger partial charge in [0.1, 0.15) is 0 Å². The summed E-state index contributed by atoms with van der Waals surface area (Å²) >= 11 is 0. The molecule has 1 unspecified atom stereocenters. The number of fused-ring (bicyclic) bond motifs is 3. The molecule has 1 atom stereocenters. The van der Waals surface area contributed by atoms with Gasteiger partial charge in [-0.05, 0) is 118 Å². The summed E-state index contributed by atoms with van der Waals surface area (Å²) in [5, 5.41) is 0. The molecule has 0 aliphatic heterocycles. The standard InChI is InChI=1S/C47H47N/c1-31(2)44-28-35(14-13-34(44)5)15-16-36-17-23-42-43-24-22-40(30-46(43)47(6,7)45(42)29-36)48(41-26-32(3)25-33(4)27-41)39-20-18-38(19-21-39)37-11-9-8-10-12-37/h8-24,26-32H,25H2,1-7H3. The number of rotatable bonds is 7. The molecule has 0 spiro atoms. The number of nitrogens with zero attached hydrogens (tertiary/aromatic N) is 1. The van der Waals surface area contributed by atoms with E-state index in [4.69, 9.17) is 0 Å². The van der Waals surface area contributed by atoms with Gasteiger partial charge in [0, 0.05) is 22.5 Å². The van der Waals surface area contributed by atoms with Crippen molar-refractivity contribution in [2.24, 2.45) is 5.92 Å². The molecule has 2 aliphatic carbocycles. The van der Waals surface area contributed by atoms with Crippen LogP contribution in [0.5, 0.6) is 0 Å². The molecule has 1 heteroatoms. The molecule has 5 aromatic rings. The lowest BCUT2D eigenvalue weighted by molar-refractivity contribution is 0.660. The molecule has 0 fully saturated rings.